The van der Waals surface area contributed by atoms with Crippen LogP contribution >= 0.6 is 0 Å². The molecule has 0 radical (unpaired) electrons. The van der Waals surface area contributed by atoms with Crippen molar-refractivity contribution in [2.45, 2.75) is 12.0 Å². The van der Waals surface area contributed by atoms with Gasteiger partial charge < -0.3 is 14.5 Å². The molecule has 12 heavy (non-hydrogen) atoms. The monoisotopic (exact) mass is 168 g/mol. The molecule has 2 aliphatic rings. The maximum absolute atomic E-state index is 5.80. The van der Waals surface area contributed by atoms with E-state index in [1.165, 1.54) is 0 Å². The van der Waals surface area contributed by atoms with Gasteiger partial charge in [0.05, 0.1) is 12.2 Å². The van der Waals surface area contributed by atoms with E-state index in [9.17, 15) is 0 Å². The fourth-order valence-electron chi connectivity index (χ4n) is 2.10. The van der Waals surface area contributed by atoms with Crippen molar-refractivity contribution in [3.63, 3.8) is 0 Å². The number of rotatable bonds is 0. The molecule has 0 amide bonds. The molecule has 2 heterocycles. The Morgan fingerprint density at radius 2 is 1.75 bits per heavy atom. The minimum atomic E-state index is 0.0434. The quantitative estimate of drug-likeness (QED) is 0.485. The molecular weight excluding hydrogens is 152 g/mol. The Kier molecular flexibility index (Phi) is 2.10. The Balaban J connectivity index is 2.00. The third kappa shape index (κ3) is 1.49. The lowest BCUT2D eigenvalue weighted by molar-refractivity contribution is -0.0889. The highest BCUT2D eigenvalue weighted by molar-refractivity contribution is 4.96. The predicted molar refractivity (Wildman–Crippen MR) is 47.2 cm³/mol. The third-order valence-corrected chi connectivity index (χ3v) is 2.72. The Morgan fingerprint density at radius 1 is 1.08 bits per heavy atom. The first-order chi connectivity index (χ1) is 5.70. The number of hydrogen-bond acceptors (Lipinski definition) is 3. The topological polar surface area (TPSA) is 15.7 Å². The maximum atomic E-state index is 5.80. The van der Waals surface area contributed by atoms with Crippen LogP contribution in [0.15, 0.2) is 0 Å². The normalized spacial score (nSPS) is 39.5. The van der Waals surface area contributed by atoms with E-state index in [4.69, 9.17) is 4.74 Å². The van der Waals surface area contributed by atoms with Crippen molar-refractivity contribution in [3.05, 3.63) is 14.1 Å². The lowest BCUT2D eigenvalue weighted by atomic mass is 10.0. The van der Waals surface area contributed by atoms with E-state index in [0.717, 1.165) is 39.2 Å². The van der Waals surface area contributed by atoms with Crippen molar-refractivity contribution in [1.82, 2.24) is 9.80 Å². The smallest absolute Gasteiger partial charge is 0.0898 e. The lowest BCUT2D eigenvalue weighted by Gasteiger charge is -2.43. The summed E-state index contributed by atoms with van der Waals surface area (Å²) in [4.78, 5) is 4.18. The number of ether oxygens (including phenoxy) is 1. The van der Waals surface area contributed by atoms with Crippen LogP contribution in [0.4, 0.5) is 0 Å². The summed E-state index contributed by atoms with van der Waals surface area (Å²) in [5.74, 6) is 0. The molecule has 0 aliphatic carbocycles. The van der Waals surface area contributed by atoms with Crippen LogP contribution in [-0.4, -0.2) is 48.2 Å². The fraction of sp³-hybridized carbons (Fsp3) is 0.778. The first-order valence-electron chi connectivity index (χ1n) is 4.45. The van der Waals surface area contributed by atoms with Gasteiger partial charge in [-0.05, 0) is 19.5 Å². The molecule has 3 nitrogen and oxygen atoms in total. The first kappa shape index (κ1) is 8.48. The van der Waals surface area contributed by atoms with Crippen LogP contribution in [0, 0.1) is 14.1 Å². The zero-order valence-electron chi connectivity index (χ0n) is 7.46. The number of nitrogens with zero attached hydrogens (tertiary/aromatic N) is 2. The molecule has 70 valence electrons. The molecule has 2 saturated heterocycles. The molecule has 0 aromatic carbocycles. The van der Waals surface area contributed by atoms with Gasteiger partial charge in [0, 0.05) is 13.1 Å². The number of morpholine rings is 1. The van der Waals surface area contributed by atoms with Crippen LogP contribution in [0.5, 0.6) is 0 Å². The maximum Gasteiger partial charge on any atom is 0.0898 e. The molecule has 2 aliphatic heterocycles. The van der Waals surface area contributed by atoms with Crippen molar-refractivity contribution in [2.24, 2.45) is 0 Å². The fourth-order valence-corrected chi connectivity index (χ4v) is 2.10. The van der Waals surface area contributed by atoms with Gasteiger partial charge in [-0.15, -0.1) is 0 Å². The molecule has 2 fully saturated rings. The Morgan fingerprint density at radius 3 is 2.33 bits per heavy atom. The van der Waals surface area contributed by atoms with Crippen molar-refractivity contribution >= 4 is 0 Å². The van der Waals surface area contributed by atoms with Crippen LogP contribution in [0.2, 0.25) is 0 Å². The average Bonchev–Trinajstić information content (AvgIpc) is 2.32. The zero-order valence-corrected chi connectivity index (χ0v) is 7.46. The van der Waals surface area contributed by atoms with Gasteiger partial charge in [-0.1, -0.05) is 0 Å². The largest absolute Gasteiger partial charge is 0.457 e. The van der Waals surface area contributed by atoms with Crippen LogP contribution in [-0.2, 0) is 4.74 Å². The average molecular weight is 168 g/mol. The second-order valence-corrected chi connectivity index (χ2v) is 3.89. The molecule has 3 heteroatoms. The third-order valence-electron chi connectivity index (χ3n) is 2.72. The van der Waals surface area contributed by atoms with Crippen molar-refractivity contribution in [3.8, 4) is 0 Å². The molecule has 1 unspecified atom stereocenters. The highest BCUT2D eigenvalue weighted by Crippen LogP contribution is 2.28. The summed E-state index contributed by atoms with van der Waals surface area (Å²) in [6, 6.07) is 0. The highest BCUT2D eigenvalue weighted by atomic mass is 16.5. The van der Waals surface area contributed by atoms with Crippen LogP contribution < -0.4 is 0 Å². The molecule has 0 aromatic rings. The Hall–Kier alpha value is -0.120. The SMILES string of the molecule is [CH2-]N1CCOC2(CCN([CH2-])C2)C1. The minimum absolute atomic E-state index is 0.0434. The number of hydrogen-bond donors (Lipinski definition) is 0. The zero-order chi connectivity index (χ0) is 8.60. The summed E-state index contributed by atoms with van der Waals surface area (Å²) in [6.45, 7) is 4.74. The second kappa shape index (κ2) is 2.98. The minimum Gasteiger partial charge on any atom is -0.457 e. The second-order valence-electron chi connectivity index (χ2n) is 3.89. The predicted octanol–water partition coefficient (Wildman–Crippen LogP) is 0.346. The summed E-state index contributed by atoms with van der Waals surface area (Å²) in [7, 11) is 7.88. The van der Waals surface area contributed by atoms with Gasteiger partial charge in [-0.2, -0.15) is 0 Å². The molecule has 2 rings (SSSR count). The summed E-state index contributed by atoms with van der Waals surface area (Å²) in [6.07, 6.45) is 1.10. The Labute approximate surface area is 74.3 Å². The van der Waals surface area contributed by atoms with Crippen LogP contribution in [0.25, 0.3) is 0 Å². The van der Waals surface area contributed by atoms with E-state index < -0.39 is 0 Å². The molecule has 1 atom stereocenters. The summed E-state index contributed by atoms with van der Waals surface area (Å²) in [5, 5.41) is 0. The van der Waals surface area contributed by atoms with Gasteiger partial charge in [0.15, 0.2) is 0 Å². The van der Waals surface area contributed by atoms with Gasteiger partial charge in [-0.25, -0.2) is 0 Å². The van der Waals surface area contributed by atoms with Crippen molar-refractivity contribution in [2.75, 3.05) is 32.8 Å². The van der Waals surface area contributed by atoms with E-state index in [-0.39, 0.29) is 5.60 Å². The molecule has 0 bridgehead atoms. The lowest BCUT2D eigenvalue weighted by Crippen LogP contribution is -2.50. The van der Waals surface area contributed by atoms with Gasteiger partial charge in [0.1, 0.15) is 0 Å². The molecule has 1 spiro atoms. The molecular formula is C9H16N2O-2. The summed E-state index contributed by atoms with van der Waals surface area (Å²) < 4.78 is 5.80. The highest BCUT2D eigenvalue weighted by Gasteiger charge is 2.37. The van der Waals surface area contributed by atoms with Crippen molar-refractivity contribution in [1.29, 1.82) is 0 Å². The Bertz CT molecular complexity index is 170. The molecule has 0 saturated carbocycles. The summed E-state index contributed by atoms with van der Waals surface area (Å²) >= 11 is 0. The summed E-state index contributed by atoms with van der Waals surface area (Å²) in [5.41, 5.74) is 0.0434. The van der Waals surface area contributed by atoms with E-state index in [1.807, 2.05) is 0 Å². The molecule has 0 N–H and O–H groups in total. The van der Waals surface area contributed by atoms with E-state index >= 15 is 0 Å². The van der Waals surface area contributed by atoms with Crippen LogP contribution in [0.1, 0.15) is 6.42 Å². The standard InChI is InChI=1S/C9H16N2O/c1-10-4-3-9(7-10)8-11(2)5-6-12-9/h1-8H2/q-2. The van der Waals surface area contributed by atoms with E-state index in [2.05, 4.69) is 23.9 Å². The van der Waals surface area contributed by atoms with E-state index in [1.54, 1.807) is 0 Å². The van der Waals surface area contributed by atoms with Gasteiger partial charge in [-0.3, -0.25) is 14.1 Å². The van der Waals surface area contributed by atoms with Crippen LogP contribution in [0.3, 0.4) is 0 Å². The van der Waals surface area contributed by atoms with Gasteiger partial charge in [0.25, 0.3) is 0 Å². The van der Waals surface area contributed by atoms with Crippen molar-refractivity contribution < 1.29 is 4.74 Å². The van der Waals surface area contributed by atoms with E-state index in [0.29, 0.717) is 0 Å². The number of likely N-dealkylation sites (tertiary alicyclic amines) is 1. The van der Waals surface area contributed by atoms with Gasteiger partial charge in [0.2, 0.25) is 0 Å². The van der Waals surface area contributed by atoms with Gasteiger partial charge >= 0.3 is 0 Å². The molecule has 0 aromatic heterocycles. The first-order valence-corrected chi connectivity index (χ1v) is 4.45.